The molecule has 1 N–H and O–H groups in total. The molecule has 0 aliphatic heterocycles. The number of hydrogen-bond acceptors (Lipinski definition) is 3. The highest BCUT2D eigenvalue weighted by atomic mass is 79.9. The first-order chi connectivity index (χ1) is 8.99. The van der Waals surface area contributed by atoms with E-state index in [1.807, 2.05) is 13.8 Å². The quantitative estimate of drug-likeness (QED) is 0.805. The van der Waals surface area contributed by atoms with E-state index in [1.165, 1.54) is 12.4 Å². The van der Waals surface area contributed by atoms with E-state index in [9.17, 15) is 4.39 Å². The second-order valence-electron chi connectivity index (χ2n) is 4.33. The molecule has 1 aromatic heterocycles. The Kier molecular flexibility index (Phi) is 4.37. The Morgan fingerprint density at radius 1 is 1.32 bits per heavy atom. The first-order valence-electron chi connectivity index (χ1n) is 5.71. The monoisotopic (exact) mass is 343 g/mol. The SMILES string of the molecule is CC(C)c1c(Cl)ncnc1Nc1cc(Br)ccc1F. The van der Waals surface area contributed by atoms with Crippen LogP contribution in [0.4, 0.5) is 15.9 Å². The Bertz CT molecular complexity index is 604. The predicted octanol–water partition coefficient (Wildman–Crippen LogP) is 4.90. The predicted molar refractivity (Wildman–Crippen MR) is 78.5 cm³/mol. The Morgan fingerprint density at radius 3 is 2.74 bits per heavy atom. The number of nitrogens with zero attached hydrogens (tertiary/aromatic N) is 2. The molecule has 1 aromatic carbocycles. The van der Waals surface area contributed by atoms with Gasteiger partial charge >= 0.3 is 0 Å². The third kappa shape index (κ3) is 3.22. The van der Waals surface area contributed by atoms with Crippen LogP contribution in [0.3, 0.4) is 0 Å². The van der Waals surface area contributed by atoms with Gasteiger partial charge in [-0.1, -0.05) is 41.4 Å². The van der Waals surface area contributed by atoms with Crippen LogP contribution in [-0.2, 0) is 0 Å². The minimum atomic E-state index is -0.354. The van der Waals surface area contributed by atoms with Crippen molar-refractivity contribution in [3.63, 3.8) is 0 Å². The summed E-state index contributed by atoms with van der Waals surface area (Å²) in [7, 11) is 0. The summed E-state index contributed by atoms with van der Waals surface area (Å²) in [5.74, 6) is 0.297. The fourth-order valence-corrected chi connectivity index (χ4v) is 2.42. The van der Waals surface area contributed by atoms with Crippen molar-refractivity contribution in [1.29, 1.82) is 0 Å². The first kappa shape index (κ1) is 14.2. The van der Waals surface area contributed by atoms with Crippen molar-refractivity contribution in [2.75, 3.05) is 5.32 Å². The highest BCUT2D eigenvalue weighted by Gasteiger charge is 2.15. The van der Waals surface area contributed by atoms with Gasteiger partial charge in [0.05, 0.1) is 5.69 Å². The highest BCUT2D eigenvalue weighted by molar-refractivity contribution is 9.10. The molecule has 0 aliphatic rings. The number of rotatable bonds is 3. The molecule has 0 saturated heterocycles. The number of hydrogen-bond donors (Lipinski definition) is 1. The van der Waals surface area contributed by atoms with E-state index in [4.69, 9.17) is 11.6 Å². The van der Waals surface area contributed by atoms with Crippen LogP contribution in [0.2, 0.25) is 5.15 Å². The van der Waals surface area contributed by atoms with Gasteiger partial charge in [0.15, 0.2) is 0 Å². The van der Waals surface area contributed by atoms with E-state index in [1.54, 1.807) is 12.1 Å². The maximum Gasteiger partial charge on any atom is 0.146 e. The average molecular weight is 345 g/mol. The summed E-state index contributed by atoms with van der Waals surface area (Å²) in [5, 5.41) is 3.34. The van der Waals surface area contributed by atoms with Gasteiger partial charge in [-0.3, -0.25) is 0 Å². The third-order valence-electron chi connectivity index (χ3n) is 2.59. The highest BCUT2D eigenvalue weighted by Crippen LogP contribution is 2.31. The van der Waals surface area contributed by atoms with E-state index in [0.29, 0.717) is 16.7 Å². The topological polar surface area (TPSA) is 37.8 Å². The lowest BCUT2D eigenvalue weighted by Crippen LogP contribution is -2.04. The van der Waals surface area contributed by atoms with E-state index in [-0.39, 0.29) is 11.7 Å². The summed E-state index contributed by atoms with van der Waals surface area (Å²) in [6, 6.07) is 4.66. The van der Waals surface area contributed by atoms with Gasteiger partial charge in [0.2, 0.25) is 0 Å². The molecule has 3 nitrogen and oxygen atoms in total. The van der Waals surface area contributed by atoms with Crippen LogP contribution in [0.25, 0.3) is 0 Å². The van der Waals surface area contributed by atoms with Crippen LogP contribution >= 0.6 is 27.5 Å². The molecule has 19 heavy (non-hydrogen) atoms. The summed E-state index contributed by atoms with van der Waals surface area (Å²) in [4.78, 5) is 8.09. The largest absolute Gasteiger partial charge is 0.337 e. The smallest absolute Gasteiger partial charge is 0.146 e. The van der Waals surface area contributed by atoms with E-state index in [0.717, 1.165) is 10.0 Å². The average Bonchev–Trinajstić information content (AvgIpc) is 2.33. The van der Waals surface area contributed by atoms with Crippen LogP contribution < -0.4 is 5.32 Å². The van der Waals surface area contributed by atoms with Crippen molar-refractivity contribution >= 4 is 39.0 Å². The van der Waals surface area contributed by atoms with Crippen molar-refractivity contribution in [3.8, 4) is 0 Å². The fourth-order valence-electron chi connectivity index (χ4n) is 1.71. The Balaban J connectivity index is 2.44. The van der Waals surface area contributed by atoms with Gasteiger partial charge in [-0.15, -0.1) is 0 Å². The summed E-state index contributed by atoms with van der Waals surface area (Å²) >= 11 is 9.37. The van der Waals surface area contributed by atoms with E-state index in [2.05, 4.69) is 31.2 Å². The standard InChI is InChI=1S/C13H12BrClFN3/c1-7(2)11-12(15)17-6-18-13(11)19-10-5-8(14)3-4-9(10)16/h3-7H,1-2H3,(H,17,18,19). The number of anilines is 2. The van der Waals surface area contributed by atoms with Crippen LogP contribution in [0, 0.1) is 5.82 Å². The van der Waals surface area contributed by atoms with Crippen LogP contribution in [0.1, 0.15) is 25.3 Å². The molecule has 1 heterocycles. The van der Waals surface area contributed by atoms with Gasteiger partial charge in [-0.25, -0.2) is 14.4 Å². The molecule has 100 valence electrons. The molecule has 0 unspecified atom stereocenters. The summed E-state index contributed by atoms with van der Waals surface area (Å²) in [5.41, 5.74) is 1.11. The molecule has 0 radical (unpaired) electrons. The maximum absolute atomic E-state index is 13.7. The molecule has 0 spiro atoms. The van der Waals surface area contributed by atoms with Crippen molar-refractivity contribution in [1.82, 2.24) is 9.97 Å². The number of aromatic nitrogens is 2. The van der Waals surface area contributed by atoms with Crippen LogP contribution in [0.15, 0.2) is 29.0 Å². The molecule has 2 rings (SSSR count). The van der Waals surface area contributed by atoms with Crippen LogP contribution in [0.5, 0.6) is 0 Å². The molecule has 0 saturated carbocycles. The molecule has 0 aliphatic carbocycles. The molecule has 6 heteroatoms. The molecule has 0 atom stereocenters. The lowest BCUT2D eigenvalue weighted by atomic mass is 10.1. The van der Waals surface area contributed by atoms with Gasteiger partial charge < -0.3 is 5.32 Å². The number of benzene rings is 1. The molecule has 0 fully saturated rings. The molecule has 0 bridgehead atoms. The summed E-state index contributed by atoms with van der Waals surface area (Å²) in [6.07, 6.45) is 1.35. The summed E-state index contributed by atoms with van der Waals surface area (Å²) < 4.78 is 14.5. The minimum Gasteiger partial charge on any atom is -0.337 e. The third-order valence-corrected chi connectivity index (χ3v) is 3.39. The first-order valence-corrected chi connectivity index (χ1v) is 6.88. The zero-order valence-corrected chi connectivity index (χ0v) is 12.8. The molecule has 0 amide bonds. The normalized spacial score (nSPS) is 10.8. The zero-order valence-electron chi connectivity index (χ0n) is 10.4. The Hall–Kier alpha value is -1.20. The van der Waals surface area contributed by atoms with Gasteiger partial charge in [-0.05, 0) is 24.1 Å². The van der Waals surface area contributed by atoms with Crippen LogP contribution in [-0.4, -0.2) is 9.97 Å². The van der Waals surface area contributed by atoms with Gasteiger partial charge in [-0.2, -0.15) is 0 Å². The lowest BCUT2D eigenvalue weighted by Gasteiger charge is -2.14. The van der Waals surface area contributed by atoms with Gasteiger partial charge in [0, 0.05) is 10.0 Å². The van der Waals surface area contributed by atoms with Crippen molar-refractivity contribution in [2.45, 2.75) is 19.8 Å². The Morgan fingerprint density at radius 2 is 2.05 bits per heavy atom. The molecular weight excluding hydrogens is 333 g/mol. The fraction of sp³-hybridized carbons (Fsp3) is 0.231. The van der Waals surface area contributed by atoms with Crippen molar-refractivity contribution in [3.05, 3.63) is 45.5 Å². The van der Waals surface area contributed by atoms with Crippen molar-refractivity contribution in [2.24, 2.45) is 0 Å². The second kappa shape index (κ2) is 5.84. The van der Waals surface area contributed by atoms with Gasteiger partial charge in [0.25, 0.3) is 0 Å². The maximum atomic E-state index is 13.7. The minimum absolute atomic E-state index is 0.131. The number of nitrogens with one attached hydrogen (secondary N) is 1. The van der Waals surface area contributed by atoms with E-state index >= 15 is 0 Å². The Labute approximate surface area is 124 Å². The zero-order chi connectivity index (χ0) is 14.0. The van der Waals surface area contributed by atoms with E-state index < -0.39 is 0 Å². The summed E-state index contributed by atoms with van der Waals surface area (Å²) in [6.45, 7) is 3.96. The van der Waals surface area contributed by atoms with Crippen molar-refractivity contribution < 1.29 is 4.39 Å². The molecule has 2 aromatic rings. The second-order valence-corrected chi connectivity index (χ2v) is 5.60. The molecular formula is C13H12BrClFN3. The lowest BCUT2D eigenvalue weighted by molar-refractivity contribution is 0.631. The van der Waals surface area contributed by atoms with Gasteiger partial charge in [0.1, 0.15) is 23.1 Å². The number of halogens is 3.